The van der Waals surface area contributed by atoms with Crippen LogP contribution in [0.3, 0.4) is 0 Å². The number of hydrogen-bond acceptors (Lipinski definition) is 4. The Hall–Kier alpha value is -2.37. The van der Waals surface area contributed by atoms with Gasteiger partial charge in [-0.25, -0.2) is 0 Å². The summed E-state index contributed by atoms with van der Waals surface area (Å²) in [5.74, 6) is -0.682. The van der Waals surface area contributed by atoms with Gasteiger partial charge < -0.3 is 10.0 Å². The van der Waals surface area contributed by atoms with E-state index in [-0.39, 0.29) is 17.0 Å². The van der Waals surface area contributed by atoms with Crippen molar-refractivity contribution in [1.82, 2.24) is 4.90 Å². The molecular formula is C12H14N2O4. The molecule has 1 rings (SSSR count). The standard InChI is InChI=1S/C12H14N2O4/c1-3-7-13(4-2)12(16)10-8-9(15)5-6-11(10)14(17)18/h3,5-6,8,15H,1,4,7H2,2H3. The number of rotatable bonds is 5. The maximum absolute atomic E-state index is 12.1. The van der Waals surface area contributed by atoms with Gasteiger partial charge in [0.2, 0.25) is 0 Å². The lowest BCUT2D eigenvalue weighted by Crippen LogP contribution is -2.31. The maximum atomic E-state index is 12.1. The normalized spacial score (nSPS) is 9.83. The molecule has 0 bridgehead atoms. The van der Waals surface area contributed by atoms with E-state index in [9.17, 15) is 20.0 Å². The molecule has 6 heteroatoms. The molecule has 0 radical (unpaired) electrons. The maximum Gasteiger partial charge on any atom is 0.282 e. The van der Waals surface area contributed by atoms with Crippen LogP contribution in [0.5, 0.6) is 5.75 Å². The summed E-state index contributed by atoms with van der Waals surface area (Å²) >= 11 is 0. The number of phenolic OH excluding ortho intramolecular Hbond substituents is 1. The lowest BCUT2D eigenvalue weighted by atomic mass is 10.1. The van der Waals surface area contributed by atoms with E-state index < -0.39 is 10.8 Å². The van der Waals surface area contributed by atoms with Crippen molar-refractivity contribution in [2.75, 3.05) is 13.1 Å². The number of nitro benzene ring substituents is 1. The molecule has 6 nitrogen and oxygen atoms in total. The third kappa shape index (κ3) is 2.85. The average molecular weight is 250 g/mol. The van der Waals surface area contributed by atoms with E-state index in [1.807, 2.05) is 0 Å². The molecule has 0 spiro atoms. The Morgan fingerprint density at radius 3 is 2.78 bits per heavy atom. The quantitative estimate of drug-likeness (QED) is 0.491. The van der Waals surface area contributed by atoms with Gasteiger partial charge in [-0.1, -0.05) is 6.08 Å². The predicted octanol–water partition coefficient (Wildman–Crippen LogP) is 1.95. The van der Waals surface area contributed by atoms with Crippen LogP contribution in [-0.4, -0.2) is 33.9 Å². The van der Waals surface area contributed by atoms with Crippen molar-refractivity contribution in [2.45, 2.75) is 6.92 Å². The summed E-state index contributed by atoms with van der Waals surface area (Å²) in [5, 5.41) is 20.2. The minimum atomic E-state index is -0.644. The summed E-state index contributed by atoms with van der Waals surface area (Å²) in [4.78, 5) is 23.7. The van der Waals surface area contributed by atoms with Crippen LogP contribution >= 0.6 is 0 Å². The highest BCUT2D eigenvalue weighted by Crippen LogP contribution is 2.24. The molecule has 0 atom stereocenters. The Morgan fingerprint density at radius 2 is 2.28 bits per heavy atom. The number of benzene rings is 1. The van der Waals surface area contributed by atoms with Crippen LogP contribution in [0, 0.1) is 10.1 Å². The van der Waals surface area contributed by atoms with Gasteiger partial charge in [0.15, 0.2) is 0 Å². The molecule has 0 heterocycles. The first-order valence-electron chi connectivity index (χ1n) is 5.38. The van der Waals surface area contributed by atoms with Crippen molar-refractivity contribution >= 4 is 11.6 Å². The van der Waals surface area contributed by atoms with Crippen molar-refractivity contribution in [1.29, 1.82) is 0 Å². The molecule has 18 heavy (non-hydrogen) atoms. The van der Waals surface area contributed by atoms with Gasteiger partial charge in [0.25, 0.3) is 11.6 Å². The van der Waals surface area contributed by atoms with Crippen LogP contribution in [0.25, 0.3) is 0 Å². The fourth-order valence-corrected chi connectivity index (χ4v) is 1.54. The van der Waals surface area contributed by atoms with E-state index in [2.05, 4.69) is 6.58 Å². The largest absolute Gasteiger partial charge is 0.508 e. The fourth-order valence-electron chi connectivity index (χ4n) is 1.54. The number of nitro groups is 1. The van der Waals surface area contributed by atoms with Crippen molar-refractivity contribution < 1.29 is 14.8 Å². The average Bonchev–Trinajstić information content (AvgIpc) is 2.34. The fraction of sp³-hybridized carbons (Fsp3) is 0.250. The minimum Gasteiger partial charge on any atom is -0.508 e. The third-order valence-corrected chi connectivity index (χ3v) is 2.43. The molecule has 0 unspecified atom stereocenters. The van der Waals surface area contributed by atoms with Crippen molar-refractivity contribution in [3.63, 3.8) is 0 Å². The van der Waals surface area contributed by atoms with E-state index in [1.165, 1.54) is 17.0 Å². The third-order valence-electron chi connectivity index (χ3n) is 2.43. The van der Waals surface area contributed by atoms with Gasteiger partial charge in [-0.15, -0.1) is 6.58 Å². The van der Waals surface area contributed by atoms with Crippen molar-refractivity contribution in [3.8, 4) is 5.75 Å². The van der Waals surface area contributed by atoms with Crippen LogP contribution < -0.4 is 0 Å². The zero-order chi connectivity index (χ0) is 13.7. The Morgan fingerprint density at radius 1 is 1.61 bits per heavy atom. The summed E-state index contributed by atoms with van der Waals surface area (Å²) in [6.07, 6.45) is 1.54. The van der Waals surface area contributed by atoms with Gasteiger partial charge in [0.1, 0.15) is 11.3 Å². The number of amides is 1. The molecule has 1 N–H and O–H groups in total. The lowest BCUT2D eigenvalue weighted by Gasteiger charge is -2.18. The highest BCUT2D eigenvalue weighted by molar-refractivity contribution is 5.98. The minimum absolute atomic E-state index is 0.122. The lowest BCUT2D eigenvalue weighted by molar-refractivity contribution is -0.385. The number of aromatic hydroxyl groups is 1. The summed E-state index contributed by atoms with van der Waals surface area (Å²) in [6, 6.07) is 3.40. The smallest absolute Gasteiger partial charge is 0.282 e. The molecule has 96 valence electrons. The highest BCUT2D eigenvalue weighted by Gasteiger charge is 2.23. The molecule has 0 aromatic heterocycles. The Kier molecular flexibility index (Phi) is 4.42. The molecular weight excluding hydrogens is 236 g/mol. The number of carbonyl (C=O) groups excluding carboxylic acids is 1. The van der Waals surface area contributed by atoms with Crippen LogP contribution in [0.15, 0.2) is 30.9 Å². The molecule has 0 aliphatic carbocycles. The first-order chi connectivity index (χ1) is 8.51. The van der Waals surface area contributed by atoms with Crippen LogP contribution in [0.1, 0.15) is 17.3 Å². The molecule has 0 aliphatic heterocycles. The second-order valence-corrected chi connectivity index (χ2v) is 3.59. The zero-order valence-electron chi connectivity index (χ0n) is 10.00. The second-order valence-electron chi connectivity index (χ2n) is 3.59. The summed E-state index contributed by atoms with van der Waals surface area (Å²) in [5.41, 5.74) is -0.441. The molecule has 0 fully saturated rings. The Balaban J connectivity index is 3.21. The van der Waals surface area contributed by atoms with Gasteiger partial charge >= 0.3 is 0 Å². The van der Waals surface area contributed by atoms with E-state index >= 15 is 0 Å². The van der Waals surface area contributed by atoms with E-state index in [1.54, 1.807) is 6.92 Å². The van der Waals surface area contributed by atoms with Crippen LogP contribution in [0.4, 0.5) is 5.69 Å². The molecule has 0 saturated heterocycles. The number of likely N-dealkylation sites (N-methyl/N-ethyl adjacent to an activating group) is 1. The summed E-state index contributed by atoms with van der Waals surface area (Å²) in [6.45, 7) is 5.98. The summed E-state index contributed by atoms with van der Waals surface area (Å²) in [7, 11) is 0. The van der Waals surface area contributed by atoms with Crippen molar-refractivity contribution in [2.24, 2.45) is 0 Å². The molecule has 0 aliphatic rings. The predicted molar refractivity (Wildman–Crippen MR) is 66.5 cm³/mol. The number of nitrogens with zero attached hydrogens (tertiary/aromatic N) is 2. The van der Waals surface area contributed by atoms with Crippen LogP contribution in [0.2, 0.25) is 0 Å². The number of carbonyl (C=O) groups is 1. The Labute approximate surface area is 104 Å². The first kappa shape index (κ1) is 13.7. The molecule has 1 aromatic rings. The van der Waals surface area contributed by atoms with E-state index in [0.29, 0.717) is 13.1 Å². The van der Waals surface area contributed by atoms with Gasteiger partial charge in [-0.2, -0.15) is 0 Å². The van der Waals surface area contributed by atoms with Gasteiger partial charge in [0.05, 0.1) is 4.92 Å². The zero-order valence-corrected chi connectivity index (χ0v) is 10.00. The van der Waals surface area contributed by atoms with E-state index in [4.69, 9.17) is 0 Å². The van der Waals surface area contributed by atoms with E-state index in [0.717, 1.165) is 12.1 Å². The monoisotopic (exact) mass is 250 g/mol. The topological polar surface area (TPSA) is 83.7 Å². The Bertz CT molecular complexity index is 485. The summed E-state index contributed by atoms with van der Waals surface area (Å²) < 4.78 is 0. The van der Waals surface area contributed by atoms with Crippen molar-refractivity contribution in [3.05, 3.63) is 46.5 Å². The second kappa shape index (κ2) is 5.81. The number of hydrogen-bond donors (Lipinski definition) is 1. The van der Waals surface area contributed by atoms with Gasteiger partial charge in [-0.3, -0.25) is 14.9 Å². The first-order valence-corrected chi connectivity index (χ1v) is 5.38. The van der Waals surface area contributed by atoms with Gasteiger partial charge in [0, 0.05) is 19.2 Å². The SMILES string of the molecule is C=CCN(CC)C(=O)c1cc(O)ccc1[N+](=O)[O-]. The molecule has 1 amide bonds. The molecule has 0 saturated carbocycles. The van der Waals surface area contributed by atoms with Crippen LogP contribution in [-0.2, 0) is 0 Å². The molecule has 1 aromatic carbocycles. The van der Waals surface area contributed by atoms with Gasteiger partial charge in [-0.05, 0) is 19.1 Å². The number of phenols is 1. The highest BCUT2D eigenvalue weighted by atomic mass is 16.6.